The molecule has 0 radical (unpaired) electrons. The molecule has 1 fully saturated rings. The third-order valence-corrected chi connectivity index (χ3v) is 3.11. The number of hydrogen-bond acceptors (Lipinski definition) is 4. The lowest BCUT2D eigenvalue weighted by Gasteiger charge is -2.22. The van der Waals surface area contributed by atoms with Crippen molar-refractivity contribution < 1.29 is 9.53 Å². The lowest BCUT2D eigenvalue weighted by atomic mass is 10.1. The molecule has 1 saturated heterocycles. The molecule has 1 aliphatic heterocycles. The van der Waals surface area contributed by atoms with Crippen molar-refractivity contribution in [3.05, 3.63) is 23.8 Å². The highest BCUT2D eigenvalue weighted by Gasteiger charge is 2.20. The summed E-state index contributed by atoms with van der Waals surface area (Å²) >= 11 is 0. The van der Waals surface area contributed by atoms with Crippen molar-refractivity contribution in [1.29, 1.82) is 0 Å². The van der Waals surface area contributed by atoms with Crippen LogP contribution in [0.25, 0.3) is 0 Å². The molecular weight excluding hydrogens is 240 g/mol. The Labute approximate surface area is 114 Å². The smallest absolute Gasteiger partial charge is 0.338 e. The van der Waals surface area contributed by atoms with Gasteiger partial charge in [-0.3, -0.25) is 0 Å². The van der Waals surface area contributed by atoms with Crippen molar-refractivity contribution in [2.75, 3.05) is 23.7 Å². The molecule has 2 rings (SSSR count). The Morgan fingerprint density at radius 1 is 1.26 bits per heavy atom. The standard InChI is InChI=1S/C15H22N2O2/c1-15(2,3)19-14(18)11-6-7-12(16)13(10-11)17-8-4-5-9-17/h6-7,10H,4-5,8-9,16H2,1-3H3. The van der Waals surface area contributed by atoms with Gasteiger partial charge in [-0.1, -0.05) is 0 Å². The monoisotopic (exact) mass is 262 g/mol. The third-order valence-electron chi connectivity index (χ3n) is 3.11. The number of nitrogen functional groups attached to an aromatic ring is 1. The lowest BCUT2D eigenvalue weighted by Crippen LogP contribution is -2.24. The zero-order valence-electron chi connectivity index (χ0n) is 11.9. The molecule has 0 spiro atoms. The van der Waals surface area contributed by atoms with Gasteiger partial charge in [-0.15, -0.1) is 0 Å². The van der Waals surface area contributed by atoms with E-state index < -0.39 is 5.60 Å². The first-order chi connectivity index (χ1) is 8.87. The summed E-state index contributed by atoms with van der Waals surface area (Å²) < 4.78 is 5.38. The number of anilines is 2. The Bertz CT molecular complexity index is 472. The molecule has 0 bridgehead atoms. The molecule has 0 unspecified atom stereocenters. The Morgan fingerprint density at radius 3 is 2.47 bits per heavy atom. The van der Waals surface area contributed by atoms with Gasteiger partial charge in [0.1, 0.15) is 5.60 Å². The molecule has 0 aliphatic carbocycles. The molecule has 104 valence electrons. The van der Waals surface area contributed by atoms with Gasteiger partial charge in [0.2, 0.25) is 0 Å². The minimum atomic E-state index is -0.480. The molecule has 0 amide bonds. The zero-order chi connectivity index (χ0) is 14.0. The topological polar surface area (TPSA) is 55.6 Å². The lowest BCUT2D eigenvalue weighted by molar-refractivity contribution is 0.00696. The average Bonchev–Trinajstić information content (AvgIpc) is 2.80. The number of benzene rings is 1. The van der Waals surface area contributed by atoms with E-state index in [1.807, 2.05) is 26.8 Å². The number of nitrogens with two attached hydrogens (primary N) is 1. The van der Waals surface area contributed by atoms with Crippen LogP contribution >= 0.6 is 0 Å². The molecule has 4 nitrogen and oxygen atoms in total. The van der Waals surface area contributed by atoms with Gasteiger partial charge in [0.05, 0.1) is 16.9 Å². The normalized spacial score (nSPS) is 15.6. The second-order valence-electron chi connectivity index (χ2n) is 5.97. The summed E-state index contributed by atoms with van der Waals surface area (Å²) in [5, 5.41) is 0. The van der Waals surface area contributed by atoms with Gasteiger partial charge in [-0.05, 0) is 51.8 Å². The van der Waals surface area contributed by atoms with Gasteiger partial charge in [0, 0.05) is 13.1 Å². The van der Waals surface area contributed by atoms with Crippen molar-refractivity contribution in [2.24, 2.45) is 0 Å². The van der Waals surface area contributed by atoms with Crippen LogP contribution < -0.4 is 10.6 Å². The summed E-state index contributed by atoms with van der Waals surface area (Å²) in [5.74, 6) is -0.298. The fourth-order valence-electron chi connectivity index (χ4n) is 2.24. The Hall–Kier alpha value is -1.71. The number of esters is 1. The van der Waals surface area contributed by atoms with Crippen molar-refractivity contribution in [1.82, 2.24) is 0 Å². The van der Waals surface area contributed by atoms with Crippen molar-refractivity contribution in [2.45, 2.75) is 39.2 Å². The summed E-state index contributed by atoms with van der Waals surface area (Å²) in [5.41, 5.74) is 7.75. The molecule has 1 aliphatic rings. The third kappa shape index (κ3) is 3.40. The molecule has 19 heavy (non-hydrogen) atoms. The highest BCUT2D eigenvalue weighted by atomic mass is 16.6. The van der Waals surface area contributed by atoms with Gasteiger partial charge in [0.25, 0.3) is 0 Å². The van der Waals surface area contributed by atoms with E-state index in [2.05, 4.69) is 4.90 Å². The van der Waals surface area contributed by atoms with Crippen LogP contribution in [0.2, 0.25) is 0 Å². The molecule has 1 aromatic rings. The molecule has 0 aromatic heterocycles. The van der Waals surface area contributed by atoms with E-state index in [0.717, 1.165) is 18.8 Å². The van der Waals surface area contributed by atoms with E-state index in [1.54, 1.807) is 12.1 Å². The maximum atomic E-state index is 12.1. The van der Waals surface area contributed by atoms with E-state index in [9.17, 15) is 4.79 Å². The van der Waals surface area contributed by atoms with Crippen LogP contribution in [0.4, 0.5) is 11.4 Å². The quantitative estimate of drug-likeness (QED) is 0.657. The highest BCUT2D eigenvalue weighted by Crippen LogP contribution is 2.28. The zero-order valence-corrected chi connectivity index (χ0v) is 11.9. The van der Waals surface area contributed by atoms with E-state index in [0.29, 0.717) is 11.3 Å². The van der Waals surface area contributed by atoms with Crippen LogP contribution in [0.5, 0.6) is 0 Å². The number of ether oxygens (including phenoxy) is 1. The summed E-state index contributed by atoms with van der Waals surface area (Å²) in [7, 11) is 0. The van der Waals surface area contributed by atoms with E-state index in [4.69, 9.17) is 10.5 Å². The van der Waals surface area contributed by atoms with E-state index in [1.165, 1.54) is 12.8 Å². The van der Waals surface area contributed by atoms with Crippen molar-refractivity contribution in [3.8, 4) is 0 Å². The number of hydrogen-bond donors (Lipinski definition) is 1. The summed E-state index contributed by atoms with van der Waals surface area (Å²) in [6, 6.07) is 5.35. The minimum absolute atomic E-state index is 0.298. The van der Waals surface area contributed by atoms with Crippen LogP contribution in [0.3, 0.4) is 0 Å². The number of carbonyl (C=O) groups is 1. The highest BCUT2D eigenvalue weighted by molar-refractivity contribution is 5.92. The number of carbonyl (C=O) groups excluding carboxylic acids is 1. The fourth-order valence-corrected chi connectivity index (χ4v) is 2.24. The van der Waals surface area contributed by atoms with Crippen LogP contribution in [0.15, 0.2) is 18.2 Å². The predicted molar refractivity (Wildman–Crippen MR) is 77.5 cm³/mol. The van der Waals surface area contributed by atoms with E-state index in [-0.39, 0.29) is 5.97 Å². The molecular formula is C15H22N2O2. The van der Waals surface area contributed by atoms with Crippen molar-refractivity contribution in [3.63, 3.8) is 0 Å². The Balaban J connectivity index is 2.23. The molecule has 4 heteroatoms. The first-order valence-electron chi connectivity index (χ1n) is 6.75. The first kappa shape index (κ1) is 13.7. The Kier molecular flexibility index (Phi) is 3.69. The molecule has 1 heterocycles. The molecule has 0 saturated carbocycles. The predicted octanol–water partition coefficient (Wildman–Crippen LogP) is 2.82. The van der Waals surface area contributed by atoms with Crippen LogP contribution in [0.1, 0.15) is 44.0 Å². The summed E-state index contributed by atoms with van der Waals surface area (Å²) in [4.78, 5) is 14.3. The van der Waals surface area contributed by atoms with Gasteiger partial charge in [-0.25, -0.2) is 4.79 Å². The Morgan fingerprint density at radius 2 is 1.89 bits per heavy atom. The van der Waals surface area contributed by atoms with Crippen LogP contribution in [-0.2, 0) is 4.74 Å². The van der Waals surface area contributed by atoms with Crippen LogP contribution in [0, 0.1) is 0 Å². The largest absolute Gasteiger partial charge is 0.456 e. The minimum Gasteiger partial charge on any atom is -0.456 e. The maximum absolute atomic E-state index is 12.1. The average molecular weight is 262 g/mol. The SMILES string of the molecule is CC(C)(C)OC(=O)c1ccc(N)c(N2CCCC2)c1. The summed E-state index contributed by atoms with van der Waals surface area (Å²) in [6.45, 7) is 7.60. The maximum Gasteiger partial charge on any atom is 0.338 e. The van der Waals surface area contributed by atoms with Crippen LogP contribution in [-0.4, -0.2) is 24.7 Å². The van der Waals surface area contributed by atoms with Gasteiger partial charge >= 0.3 is 5.97 Å². The summed E-state index contributed by atoms with van der Waals surface area (Å²) in [6.07, 6.45) is 2.35. The fraction of sp³-hybridized carbons (Fsp3) is 0.533. The van der Waals surface area contributed by atoms with E-state index >= 15 is 0 Å². The molecule has 2 N–H and O–H groups in total. The molecule has 0 atom stereocenters. The van der Waals surface area contributed by atoms with Gasteiger partial charge < -0.3 is 15.4 Å². The second kappa shape index (κ2) is 5.11. The number of rotatable bonds is 2. The van der Waals surface area contributed by atoms with Gasteiger partial charge in [0.15, 0.2) is 0 Å². The second-order valence-corrected chi connectivity index (χ2v) is 5.97. The number of nitrogens with zero attached hydrogens (tertiary/aromatic N) is 1. The first-order valence-corrected chi connectivity index (χ1v) is 6.75. The van der Waals surface area contributed by atoms with Crippen molar-refractivity contribution >= 4 is 17.3 Å². The van der Waals surface area contributed by atoms with Gasteiger partial charge in [-0.2, -0.15) is 0 Å². The molecule has 1 aromatic carbocycles.